The molecule has 0 fully saturated rings. The van der Waals surface area contributed by atoms with E-state index in [4.69, 9.17) is 22.1 Å². The van der Waals surface area contributed by atoms with Crippen LogP contribution in [0.25, 0.3) is 16.0 Å². The van der Waals surface area contributed by atoms with Crippen LogP contribution in [0.15, 0.2) is 40.7 Å². The largest absolute Gasteiger partial charge is 0.464 e. The van der Waals surface area contributed by atoms with Crippen LogP contribution >= 0.6 is 35.1 Å². The molecule has 2 aromatic rings. The summed E-state index contributed by atoms with van der Waals surface area (Å²) in [5, 5.41) is 2.85. The van der Waals surface area contributed by atoms with Gasteiger partial charge in [0.1, 0.15) is 12.6 Å². The number of halogens is 1. The van der Waals surface area contributed by atoms with Gasteiger partial charge in [0.2, 0.25) is 0 Å². The fraction of sp³-hybridized carbons (Fsp3) is 0.500. The predicted octanol–water partition coefficient (Wildman–Crippen LogP) is 7.46. The second-order valence-corrected chi connectivity index (χ2v) is 12.2. The summed E-state index contributed by atoms with van der Waals surface area (Å²) in [6.07, 6.45) is 2.94. The lowest BCUT2D eigenvalue weighted by molar-refractivity contribution is -0.148. The number of rotatable bonds is 13. The maximum Gasteiger partial charge on any atom is 0.323 e. The van der Waals surface area contributed by atoms with Gasteiger partial charge in [-0.3, -0.25) is 9.79 Å². The Balaban J connectivity index is 2.20. The normalized spacial score (nSPS) is 13.8. The minimum absolute atomic E-state index is 0.0241. The van der Waals surface area contributed by atoms with E-state index in [-0.39, 0.29) is 18.5 Å². The van der Waals surface area contributed by atoms with Crippen molar-refractivity contribution in [3.8, 4) is 10.4 Å². The van der Waals surface area contributed by atoms with Gasteiger partial charge in [0.05, 0.1) is 5.02 Å². The van der Waals surface area contributed by atoms with Gasteiger partial charge in [0.15, 0.2) is 0 Å². The number of benzene rings is 1. The Morgan fingerprint density at radius 2 is 1.97 bits per heavy atom. The lowest BCUT2D eigenvalue weighted by Gasteiger charge is -2.26. The molecule has 0 saturated heterocycles. The van der Waals surface area contributed by atoms with E-state index in [1.807, 2.05) is 45.9 Å². The molecule has 1 aromatic carbocycles. The van der Waals surface area contributed by atoms with Crippen LogP contribution in [0, 0.1) is 11.3 Å². The number of nitrogens with one attached hydrogen (secondary N) is 2. The molecule has 6 nitrogen and oxygen atoms in total. The number of carbonyl (C=O) groups is 1. The average molecular weight is 565 g/mol. The van der Waals surface area contributed by atoms with Gasteiger partial charge >= 0.3 is 5.97 Å². The highest BCUT2D eigenvalue weighted by Crippen LogP contribution is 2.37. The fourth-order valence-corrected chi connectivity index (χ4v) is 5.29. The first-order valence-corrected chi connectivity index (χ1v) is 14.6. The van der Waals surface area contributed by atoms with Gasteiger partial charge < -0.3 is 15.2 Å². The summed E-state index contributed by atoms with van der Waals surface area (Å²) in [6, 6.07) is 7.94. The first-order chi connectivity index (χ1) is 17.4. The molecule has 0 aliphatic carbocycles. The highest BCUT2D eigenvalue weighted by atomic mass is 35.5. The Labute approximate surface area is 235 Å². The van der Waals surface area contributed by atoms with E-state index in [0.29, 0.717) is 11.1 Å². The third-order valence-corrected chi connectivity index (χ3v) is 8.06. The number of aliphatic imine (C=N–C) groups is 1. The molecular formula is C28H41ClN4O2S2. The molecule has 0 bridgehead atoms. The smallest absolute Gasteiger partial charge is 0.323 e. The Bertz CT molecular complexity index is 1110. The van der Waals surface area contributed by atoms with Crippen molar-refractivity contribution >= 4 is 58.0 Å². The molecule has 0 spiro atoms. The lowest BCUT2D eigenvalue weighted by Crippen LogP contribution is -2.39. The van der Waals surface area contributed by atoms with Crippen molar-refractivity contribution in [2.45, 2.75) is 67.0 Å². The van der Waals surface area contributed by atoms with Crippen LogP contribution in [0.5, 0.6) is 0 Å². The van der Waals surface area contributed by atoms with Crippen molar-refractivity contribution in [3.05, 3.63) is 46.3 Å². The van der Waals surface area contributed by atoms with E-state index in [2.05, 4.69) is 52.7 Å². The Kier molecular flexibility index (Phi) is 12.2. The Morgan fingerprint density at radius 3 is 2.54 bits per heavy atom. The molecule has 0 radical (unpaired) electrons. The second-order valence-electron chi connectivity index (χ2n) is 10.3. The van der Waals surface area contributed by atoms with Gasteiger partial charge in [-0.1, -0.05) is 46.2 Å². The van der Waals surface area contributed by atoms with Gasteiger partial charge in [-0.15, -0.1) is 11.3 Å². The molecule has 2 rings (SSSR count). The van der Waals surface area contributed by atoms with Gasteiger partial charge in [0, 0.05) is 52.5 Å². The maximum absolute atomic E-state index is 12.3. The van der Waals surface area contributed by atoms with Crippen LogP contribution in [0.4, 0.5) is 5.69 Å². The first kappa shape index (κ1) is 31.4. The van der Waals surface area contributed by atoms with Gasteiger partial charge in [-0.25, -0.2) is 4.72 Å². The molecule has 0 aliphatic rings. The van der Waals surface area contributed by atoms with Crippen LogP contribution in [0.3, 0.4) is 0 Å². The SMILES string of the molecule is CC/C(=C\C(=NC)C(C)(C)COC(=O)C(N)C(C)C)c1csc(-c2ccc(NSNC(C)C)cc2Cl)c1. The number of allylic oxidation sites excluding steroid dienone is 2. The molecule has 0 aliphatic heterocycles. The van der Waals surface area contributed by atoms with Gasteiger partial charge in [-0.05, 0) is 73.0 Å². The molecule has 1 heterocycles. The maximum atomic E-state index is 12.3. The second kappa shape index (κ2) is 14.4. The number of thiophene rings is 1. The molecule has 204 valence electrons. The number of esters is 1. The molecule has 4 N–H and O–H groups in total. The fourth-order valence-electron chi connectivity index (χ4n) is 3.44. The molecule has 37 heavy (non-hydrogen) atoms. The first-order valence-electron chi connectivity index (χ1n) is 12.6. The minimum Gasteiger partial charge on any atom is -0.464 e. The zero-order valence-corrected chi connectivity index (χ0v) is 25.5. The third-order valence-electron chi connectivity index (χ3n) is 5.86. The Morgan fingerprint density at radius 1 is 1.27 bits per heavy atom. The molecule has 9 heteroatoms. The van der Waals surface area contributed by atoms with E-state index in [9.17, 15) is 4.79 Å². The quantitative estimate of drug-likeness (QED) is 0.133. The summed E-state index contributed by atoms with van der Waals surface area (Å²) in [6.45, 7) is 14.4. The van der Waals surface area contributed by atoms with Gasteiger partial charge in [0.25, 0.3) is 0 Å². The molecule has 1 atom stereocenters. The highest BCUT2D eigenvalue weighted by Gasteiger charge is 2.28. The van der Waals surface area contributed by atoms with Crippen molar-refractivity contribution in [2.75, 3.05) is 18.4 Å². The number of ether oxygens (including phenoxy) is 1. The number of hydrogen-bond acceptors (Lipinski definition) is 8. The van der Waals surface area contributed by atoms with E-state index >= 15 is 0 Å². The molecule has 1 aromatic heterocycles. The van der Waals surface area contributed by atoms with Crippen LogP contribution in [0.1, 0.15) is 60.5 Å². The average Bonchev–Trinajstić information content (AvgIpc) is 3.32. The molecule has 0 saturated carbocycles. The summed E-state index contributed by atoms with van der Waals surface area (Å²) < 4.78 is 12.1. The van der Waals surface area contributed by atoms with Crippen molar-refractivity contribution in [1.29, 1.82) is 0 Å². The lowest BCUT2D eigenvalue weighted by atomic mass is 9.86. The standard InChI is InChI=1S/C28H41ClN4O2S2/c1-9-19(13-25(31-8)28(6,7)16-35-27(34)26(30)17(2)3)20-12-24(36-15-20)22-11-10-21(14-23(22)29)33-37-32-18(4)5/h10-15,17-18,26,32-33H,9,16,30H2,1-8H3/b19-13+,31-25?. The Hall–Kier alpha value is -1.84. The van der Waals surface area contributed by atoms with Crippen LogP contribution in [-0.4, -0.2) is 37.4 Å². The summed E-state index contributed by atoms with van der Waals surface area (Å²) in [5.41, 5.74) is 10.6. The number of anilines is 1. The summed E-state index contributed by atoms with van der Waals surface area (Å²) in [7, 11) is 1.77. The number of nitrogens with two attached hydrogens (primary N) is 1. The predicted molar refractivity (Wildman–Crippen MR) is 163 cm³/mol. The van der Waals surface area contributed by atoms with Gasteiger partial charge in [-0.2, -0.15) is 0 Å². The summed E-state index contributed by atoms with van der Waals surface area (Å²) in [5.74, 6) is -0.357. The van der Waals surface area contributed by atoms with Crippen LogP contribution in [-0.2, 0) is 9.53 Å². The highest BCUT2D eigenvalue weighted by molar-refractivity contribution is 7.98. The number of carbonyl (C=O) groups excluding carboxylic acids is 1. The zero-order valence-electron chi connectivity index (χ0n) is 23.1. The monoisotopic (exact) mass is 564 g/mol. The number of nitrogens with zero attached hydrogens (tertiary/aromatic N) is 1. The van der Waals surface area contributed by atoms with Crippen molar-refractivity contribution in [3.63, 3.8) is 0 Å². The molecule has 0 amide bonds. The number of hydrogen-bond donors (Lipinski definition) is 3. The summed E-state index contributed by atoms with van der Waals surface area (Å²) >= 11 is 9.76. The van der Waals surface area contributed by atoms with Crippen LogP contribution < -0.4 is 15.2 Å². The van der Waals surface area contributed by atoms with Crippen molar-refractivity contribution < 1.29 is 9.53 Å². The molecule has 1 unspecified atom stereocenters. The summed E-state index contributed by atoms with van der Waals surface area (Å²) in [4.78, 5) is 17.9. The topological polar surface area (TPSA) is 88.7 Å². The van der Waals surface area contributed by atoms with E-state index in [1.54, 1.807) is 18.4 Å². The van der Waals surface area contributed by atoms with E-state index in [1.165, 1.54) is 12.1 Å². The minimum atomic E-state index is -0.629. The zero-order chi connectivity index (χ0) is 27.8. The van der Waals surface area contributed by atoms with E-state index < -0.39 is 11.5 Å². The molecular weight excluding hydrogens is 524 g/mol. The third kappa shape index (κ3) is 9.14. The van der Waals surface area contributed by atoms with Crippen LogP contribution in [0.2, 0.25) is 5.02 Å². The van der Waals surface area contributed by atoms with E-state index in [0.717, 1.165) is 39.4 Å². The van der Waals surface area contributed by atoms with Crippen molar-refractivity contribution in [2.24, 2.45) is 22.1 Å². The van der Waals surface area contributed by atoms with Crippen molar-refractivity contribution in [1.82, 2.24) is 4.72 Å².